The Morgan fingerprint density at radius 2 is 1.75 bits per heavy atom. The first-order chi connectivity index (χ1) is 5.61. The average molecular weight is 225 g/mol. The highest BCUT2D eigenvalue weighted by Gasteiger charge is 2.09. The van der Waals surface area contributed by atoms with Gasteiger partial charge in [-0.1, -0.05) is 29.3 Å². The third-order valence-corrected chi connectivity index (χ3v) is 1.77. The Labute approximate surface area is 84.0 Å². The molecule has 1 aromatic rings. The molecule has 0 unspecified atom stereocenters. The lowest BCUT2D eigenvalue weighted by Gasteiger charge is -2.03. The van der Waals surface area contributed by atoms with Gasteiger partial charge in [-0.25, -0.2) is 4.79 Å². The molecule has 0 aliphatic rings. The number of rotatable bonds is 1. The maximum Gasteiger partial charge on any atom is 0.409 e. The summed E-state index contributed by atoms with van der Waals surface area (Å²) in [7, 11) is 0. The van der Waals surface area contributed by atoms with Gasteiger partial charge in [-0.2, -0.15) is 0 Å². The van der Waals surface area contributed by atoms with Crippen LogP contribution >= 0.6 is 34.8 Å². The Morgan fingerprint density at radius 1 is 1.25 bits per heavy atom. The molecule has 0 fully saturated rings. The number of carbonyl (C=O) groups excluding carboxylic acids is 1. The SMILES string of the molecule is O=C(Cl)Oc1c(Cl)cccc1Cl. The monoisotopic (exact) mass is 224 g/mol. The molecule has 0 N–H and O–H groups in total. The fraction of sp³-hybridized carbons (Fsp3) is 0. The molecule has 1 rings (SSSR count). The van der Waals surface area contributed by atoms with Crippen molar-refractivity contribution >= 4 is 40.2 Å². The highest BCUT2D eigenvalue weighted by molar-refractivity contribution is 6.61. The van der Waals surface area contributed by atoms with Gasteiger partial charge >= 0.3 is 5.43 Å². The van der Waals surface area contributed by atoms with Crippen LogP contribution in [0.1, 0.15) is 0 Å². The average Bonchev–Trinajstić information content (AvgIpc) is 1.97. The van der Waals surface area contributed by atoms with Crippen LogP contribution in [0.3, 0.4) is 0 Å². The first-order valence-corrected chi connectivity index (χ1v) is 4.06. The normalized spacial score (nSPS) is 9.58. The lowest BCUT2D eigenvalue weighted by Crippen LogP contribution is -1.97. The smallest absolute Gasteiger partial charge is 0.409 e. The first kappa shape index (κ1) is 9.65. The predicted molar refractivity (Wildman–Crippen MR) is 48.3 cm³/mol. The van der Waals surface area contributed by atoms with Crippen LogP contribution in [0.5, 0.6) is 5.75 Å². The van der Waals surface area contributed by atoms with E-state index < -0.39 is 5.43 Å². The van der Waals surface area contributed by atoms with Gasteiger partial charge < -0.3 is 4.74 Å². The molecule has 0 saturated carbocycles. The van der Waals surface area contributed by atoms with E-state index >= 15 is 0 Å². The van der Waals surface area contributed by atoms with Gasteiger partial charge in [0, 0.05) is 11.6 Å². The predicted octanol–water partition coefficient (Wildman–Crippen LogP) is 3.73. The molecule has 0 saturated heterocycles. The molecule has 0 aromatic heterocycles. The Hall–Kier alpha value is -0.440. The van der Waals surface area contributed by atoms with Crippen LogP contribution in [0.25, 0.3) is 0 Å². The van der Waals surface area contributed by atoms with E-state index in [1.54, 1.807) is 18.2 Å². The van der Waals surface area contributed by atoms with Crippen LogP contribution in [0.2, 0.25) is 10.0 Å². The van der Waals surface area contributed by atoms with Crippen molar-refractivity contribution in [1.82, 2.24) is 0 Å². The second-order valence-electron chi connectivity index (χ2n) is 1.89. The maximum atomic E-state index is 10.3. The van der Waals surface area contributed by atoms with Crippen molar-refractivity contribution in [3.05, 3.63) is 28.2 Å². The van der Waals surface area contributed by atoms with E-state index in [1.165, 1.54) is 0 Å². The second-order valence-corrected chi connectivity index (χ2v) is 3.01. The zero-order valence-electron chi connectivity index (χ0n) is 5.68. The molecule has 12 heavy (non-hydrogen) atoms. The molecule has 64 valence electrons. The number of benzene rings is 1. The van der Waals surface area contributed by atoms with Gasteiger partial charge in [-0.15, -0.1) is 0 Å². The van der Waals surface area contributed by atoms with E-state index in [0.29, 0.717) is 0 Å². The van der Waals surface area contributed by atoms with Crippen molar-refractivity contribution < 1.29 is 9.53 Å². The fourth-order valence-corrected chi connectivity index (χ4v) is 1.21. The zero-order valence-corrected chi connectivity index (χ0v) is 7.95. The van der Waals surface area contributed by atoms with Crippen LogP contribution in [-0.2, 0) is 0 Å². The van der Waals surface area contributed by atoms with Crippen molar-refractivity contribution in [3.63, 3.8) is 0 Å². The van der Waals surface area contributed by atoms with Crippen LogP contribution in [-0.4, -0.2) is 5.43 Å². The third-order valence-electron chi connectivity index (χ3n) is 1.10. The summed E-state index contributed by atoms with van der Waals surface area (Å²) in [5.74, 6) is 0.0841. The minimum atomic E-state index is -0.968. The lowest BCUT2D eigenvalue weighted by molar-refractivity contribution is 0.225. The molecule has 0 atom stereocenters. The van der Waals surface area contributed by atoms with Gasteiger partial charge in [0.25, 0.3) is 0 Å². The molecular formula is C7H3Cl3O2. The molecule has 0 bridgehead atoms. The quantitative estimate of drug-likeness (QED) is 0.681. The van der Waals surface area contributed by atoms with E-state index in [9.17, 15) is 4.79 Å². The van der Waals surface area contributed by atoms with Crippen LogP contribution < -0.4 is 4.74 Å². The molecule has 0 spiro atoms. The number of ether oxygens (including phenoxy) is 1. The molecule has 2 nitrogen and oxygen atoms in total. The van der Waals surface area contributed by atoms with Crippen LogP contribution in [0.15, 0.2) is 18.2 Å². The molecule has 0 amide bonds. The first-order valence-electron chi connectivity index (χ1n) is 2.92. The molecule has 5 heteroatoms. The van der Waals surface area contributed by atoms with Crippen molar-refractivity contribution in [2.45, 2.75) is 0 Å². The minimum absolute atomic E-state index is 0.0841. The van der Waals surface area contributed by atoms with Crippen molar-refractivity contribution in [2.75, 3.05) is 0 Å². The van der Waals surface area contributed by atoms with Crippen LogP contribution in [0.4, 0.5) is 4.79 Å². The standard InChI is InChI=1S/C7H3Cl3O2/c8-4-2-1-3-5(9)6(4)12-7(10)11/h1-3H. The molecular weight excluding hydrogens is 222 g/mol. The lowest BCUT2D eigenvalue weighted by atomic mass is 10.3. The fourth-order valence-electron chi connectivity index (χ4n) is 0.660. The number of para-hydroxylation sites is 1. The summed E-state index contributed by atoms with van der Waals surface area (Å²) < 4.78 is 4.54. The second kappa shape index (κ2) is 3.99. The van der Waals surface area contributed by atoms with Crippen LogP contribution in [0, 0.1) is 0 Å². The van der Waals surface area contributed by atoms with Gasteiger partial charge in [0.15, 0.2) is 5.75 Å². The summed E-state index contributed by atoms with van der Waals surface area (Å²) >= 11 is 16.3. The van der Waals surface area contributed by atoms with Gasteiger partial charge in [-0.3, -0.25) is 0 Å². The molecule has 1 aromatic carbocycles. The van der Waals surface area contributed by atoms with E-state index in [-0.39, 0.29) is 15.8 Å². The van der Waals surface area contributed by atoms with Crippen molar-refractivity contribution in [3.8, 4) is 5.75 Å². The number of halogens is 3. The Balaban J connectivity index is 3.04. The van der Waals surface area contributed by atoms with E-state index in [1.807, 2.05) is 0 Å². The van der Waals surface area contributed by atoms with Crippen molar-refractivity contribution in [1.29, 1.82) is 0 Å². The topological polar surface area (TPSA) is 26.3 Å². The molecule has 0 radical (unpaired) electrons. The minimum Gasteiger partial charge on any atom is -0.411 e. The largest absolute Gasteiger partial charge is 0.411 e. The number of hydrogen-bond acceptors (Lipinski definition) is 2. The van der Waals surface area contributed by atoms with E-state index in [2.05, 4.69) is 4.74 Å². The summed E-state index contributed by atoms with van der Waals surface area (Å²) in [5, 5.41) is 0.494. The summed E-state index contributed by atoms with van der Waals surface area (Å²) in [6.45, 7) is 0. The summed E-state index contributed by atoms with van der Waals surface area (Å²) in [4.78, 5) is 10.3. The zero-order chi connectivity index (χ0) is 9.14. The van der Waals surface area contributed by atoms with Gasteiger partial charge in [0.05, 0.1) is 10.0 Å². The summed E-state index contributed by atoms with van der Waals surface area (Å²) in [5.41, 5.74) is -0.968. The molecule has 0 heterocycles. The van der Waals surface area contributed by atoms with E-state index in [0.717, 1.165) is 0 Å². The highest BCUT2D eigenvalue weighted by Crippen LogP contribution is 2.32. The number of hydrogen-bond donors (Lipinski definition) is 0. The maximum absolute atomic E-state index is 10.3. The summed E-state index contributed by atoms with van der Waals surface area (Å²) in [6.07, 6.45) is 0. The summed E-state index contributed by atoms with van der Waals surface area (Å²) in [6, 6.07) is 4.72. The Morgan fingerprint density at radius 3 is 2.17 bits per heavy atom. The number of carbonyl (C=O) groups is 1. The molecule has 0 aliphatic heterocycles. The van der Waals surface area contributed by atoms with E-state index in [4.69, 9.17) is 34.8 Å². The van der Waals surface area contributed by atoms with Gasteiger partial charge in [0.1, 0.15) is 0 Å². The van der Waals surface area contributed by atoms with Crippen molar-refractivity contribution in [2.24, 2.45) is 0 Å². The Bertz CT molecular complexity index is 291. The molecule has 0 aliphatic carbocycles. The Kier molecular flexibility index (Phi) is 3.20. The van der Waals surface area contributed by atoms with Gasteiger partial charge in [0.2, 0.25) is 0 Å². The highest BCUT2D eigenvalue weighted by atomic mass is 35.5. The third kappa shape index (κ3) is 2.27. The van der Waals surface area contributed by atoms with Gasteiger partial charge in [-0.05, 0) is 12.1 Å².